The number of nitrogens with one attached hydrogen (secondary N) is 1. The van der Waals surface area contributed by atoms with Gasteiger partial charge < -0.3 is 0 Å². The van der Waals surface area contributed by atoms with Crippen molar-refractivity contribution < 1.29 is 8.42 Å². The summed E-state index contributed by atoms with van der Waals surface area (Å²) in [5.41, 5.74) is -0.190. The fraction of sp³-hybridized carbons (Fsp3) is 1.00. The highest BCUT2D eigenvalue weighted by Gasteiger charge is 2.35. The fourth-order valence-electron chi connectivity index (χ4n) is 1.65. The van der Waals surface area contributed by atoms with Crippen molar-refractivity contribution in [3.8, 4) is 0 Å². The summed E-state index contributed by atoms with van der Waals surface area (Å²) in [6, 6.07) is 0. The van der Waals surface area contributed by atoms with Crippen LogP contribution >= 0.6 is 11.6 Å². The van der Waals surface area contributed by atoms with Crippen LogP contribution in [-0.2, 0) is 10.0 Å². The second-order valence-corrected chi connectivity index (χ2v) is 6.63. The molecule has 1 fully saturated rings. The van der Waals surface area contributed by atoms with Crippen molar-refractivity contribution >= 4 is 21.6 Å². The van der Waals surface area contributed by atoms with Crippen LogP contribution in [0.5, 0.6) is 0 Å². The molecule has 5 heteroatoms. The molecule has 0 aromatic heterocycles. The maximum atomic E-state index is 11.6. The molecule has 0 heterocycles. The summed E-state index contributed by atoms with van der Waals surface area (Å²) in [6.07, 6.45) is 3.01. The standard InChI is InChI=1S/C9H18ClNO2S/c1-8(6-10)7-14(12,13)11-9(2)4-3-5-9/h8,11H,3-7H2,1-2H3. The van der Waals surface area contributed by atoms with Gasteiger partial charge >= 0.3 is 0 Å². The highest BCUT2D eigenvalue weighted by molar-refractivity contribution is 7.89. The maximum absolute atomic E-state index is 11.6. The number of rotatable bonds is 5. The molecule has 0 aliphatic heterocycles. The highest BCUT2D eigenvalue weighted by atomic mass is 35.5. The van der Waals surface area contributed by atoms with Crippen molar-refractivity contribution in [1.29, 1.82) is 0 Å². The van der Waals surface area contributed by atoms with Crippen LogP contribution in [0.1, 0.15) is 33.1 Å². The Kier molecular flexibility index (Phi) is 3.83. The van der Waals surface area contributed by atoms with Gasteiger partial charge in [-0.05, 0) is 32.1 Å². The largest absolute Gasteiger partial charge is 0.212 e. The molecule has 0 spiro atoms. The Labute approximate surface area is 91.3 Å². The summed E-state index contributed by atoms with van der Waals surface area (Å²) < 4.78 is 26.0. The van der Waals surface area contributed by atoms with Gasteiger partial charge in [-0.25, -0.2) is 13.1 Å². The van der Waals surface area contributed by atoms with Gasteiger partial charge in [0.15, 0.2) is 0 Å². The molecule has 0 bridgehead atoms. The van der Waals surface area contributed by atoms with Crippen molar-refractivity contribution in [2.45, 2.75) is 38.6 Å². The smallest absolute Gasteiger partial charge is 0.212 e. The van der Waals surface area contributed by atoms with Crippen molar-refractivity contribution in [1.82, 2.24) is 4.72 Å². The van der Waals surface area contributed by atoms with Crippen molar-refractivity contribution in [3.63, 3.8) is 0 Å². The molecule has 3 nitrogen and oxygen atoms in total. The van der Waals surface area contributed by atoms with E-state index >= 15 is 0 Å². The SMILES string of the molecule is CC(CCl)CS(=O)(=O)NC1(C)CCC1. The third kappa shape index (κ3) is 3.41. The van der Waals surface area contributed by atoms with Crippen LogP contribution in [0.2, 0.25) is 0 Å². The van der Waals surface area contributed by atoms with Gasteiger partial charge in [0, 0.05) is 11.4 Å². The van der Waals surface area contributed by atoms with E-state index in [2.05, 4.69) is 4.72 Å². The van der Waals surface area contributed by atoms with Crippen molar-refractivity contribution in [3.05, 3.63) is 0 Å². The molecule has 1 atom stereocenters. The molecule has 0 amide bonds. The Morgan fingerprint density at radius 1 is 1.50 bits per heavy atom. The minimum Gasteiger partial charge on any atom is -0.212 e. The van der Waals surface area contributed by atoms with E-state index in [1.54, 1.807) is 0 Å². The average Bonchev–Trinajstić information content (AvgIpc) is 1.99. The zero-order valence-corrected chi connectivity index (χ0v) is 10.3. The van der Waals surface area contributed by atoms with Gasteiger partial charge in [0.05, 0.1) is 5.75 Å². The minimum atomic E-state index is -3.15. The van der Waals surface area contributed by atoms with Crippen LogP contribution in [0.25, 0.3) is 0 Å². The maximum Gasteiger partial charge on any atom is 0.212 e. The van der Waals surface area contributed by atoms with E-state index in [9.17, 15) is 8.42 Å². The third-order valence-corrected chi connectivity index (χ3v) is 4.96. The zero-order valence-electron chi connectivity index (χ0n) is 8.72. The monoisotopic (exact) mass is 239 g/mol. The molecule has 1 aliphatic carbocycles. The average molecular weight is 240 g/mol. The number of sulfonamides is 1. The normalized spacial score (nSPS) is 22.8. The molecule has 0 saturated heterocycles. The van der Waals surface area contributed by atoms with Crippen LogP contribution in [-0.4, -0.2) is 25.6 Å². The molecule has 84 valence electrons. The first-order valence-electron chi connectivity index (χ1n) is 4.94. The van der Waals surface area contributed by atoms with Gasteiger partial charge in [-0.1, -0.05) is 6.92 Å². The van der Waals surface area contributed by atoms with Crippen LogP contribution in [0.15, 0.2) is 0 Å². The predicted octanol–water partition coefficient (Wildman–Crippen LogP) is 1.72. The summed E-state index contributed by atoms with van der Waals surface area (Å²) >= 11 is 5.58. The highest BCUT2D eigenvalue weighted by Crippen LogP contribution is 2.31. The topological polar surface area (TPSA) is 46.2 Å². The van der Waals surface area contributed by atoms with E-state index in [0.717, 1.165) is 19.3 Å². The van der Waals surface area contributed by atoms with Crippen LogP contribution in [0.3, 0.4) is 0 Å². The lowest BCUT2D eigenvalue weighted by molar-refractivity contribution is 0.247. The lowest BCUT2D eigenvalue weighted by atomic mass is 9.80. The van der Waals surface area contributed by atoms with E-state index < -0.39 is 10.0 Å². The van der Waals surface area contributed by atoms with Crippen LogP contribution in [0, 0.1) is 5.92 Å². The number of hydrogen-bond acceptors (Lipinski definition) is 2. The van der Waals surface area contributed by atoms with Gasteiger partial charge in [0.25, 0.3) is 0 Å². The van der Waals surface area contributed by atoms with E-state index in [1.807, 2.05) is 13.8 Å². The quantitative estimate of drug-likeness (QED) is 0.743. The van der Waals surface area contributed by atoms with E-state index in [-0.39, 0.29) is 17.2 Å². The van der Waals surface area contributed by atoms with Crippen molar-refractivity contribution in [2.24, 2.45) is 5.92 Å². The molecule has 1 unspecified atom stereocenters. The molecule has 0 aromatic carbocycles. The lowest BCUT2D eigenvalue weighted by Crippen LogP contribution is -2.51. The summed E-state index contributed by atoms with van der Waals surface area (Å²) in [5.74, 6) is 0.529. The Hall–Kier alpha value is 0.200. The number of alkyl halides is 1. The van der Waals surface area contributed by atoms with Gasteiger partial charge in [-0.15, -0.1) is 11.6 Å². The van der Waals surface area contributed by atoms with Gasteiger partial charge in [0.1, 0.15) is 0 Å². The Morgan fingerprint density at radius 3 is 2.43 bits per heavy atom. The first-order chi connectivity index (χ1) is 6.37. The molecule has 0 radical (unpaired) electrons. The van der Waals surface area contributed by atoms with Gasteiger partial charge in [-0.3, -0.25) is 0 Å². The van der Waals surface area contributed by atoms with Crippen LogP contribution in [0.4, 0.5) is 0 Å². The predicted molar refractivity (Wildman–Crippen MR) is 59.1 cm³/mol. The molecule has 1 saturated carbocycles. The summed E-state index contributed by atoms with van der Waals surface area (Å²) in [5, 5.41) is 0. The number of halogens is 1. The minimum absolute atomic E-state index is 0.0119. The molecular weight excluding hydrogens is 222 g/mol. The molecule has 0 aromatic rings. The Bertz CT molecular complexity index is 285. The molecule has 1 N–H and O–H groups in total. The summed E-state index contributed by atoms with van der Waals surface area (Å²) in [6.45, 7) is 3.80. The first-order valence-corrected chi connectivity index (χ1v) is 7.13. The molecule has 1 rings (SSSR count). The van der Waals surface area contributed by atoms with E-state index in [1.165, 1.54) is 0 Å². The lowest BCUT2D eigenvalue weighted by Gasteiger charge is -2.38. The second kappa shape index (κ2) is 4.37. The zero-order chi connectivity index (χ0) is 10.8. The third-order valence-electron chi connectivity index (χ3n) is 2.63. The van der Waals surface area contributed by atoms with E-state index in [0.29, 0.717) is 5.88 Å². The van der Waals surface area contributed by atoms with E-state index in [4.69, 9.17) is 11.6 Å². The molecule has 14 heavy (non-hydrogen) atoms. The first kappa shape index (κ1) is 12.3. The Balaban J connectivity index is 2.49. The second-order valence-electron chi connectivity index (χ2n) is 4.56. The van der Waals surface area contributed by atoms with Crippen molar-refractivity contribution in [2.75, 3.05) is 11.6 Å². The van der Waals surface area contributed by atoms with Crippen LogP contribution < -0.4 is 4.72 Å². The molecule has 1 aliphatic rings. The Morgan fingerprint density at radius 2 is 2.07 bits per heavy atom. The van der Waals surface area contributed by atoms with Gasteiger partial charge in [-0.2, -0.15) is 0 Å². The number of hydrogen-bond donors (Lipinski definition) is 1. The summed E-state index contributed by atoms with van der Waals surface area (Å²) in [7, 11) is -3.15. The summed E-state index contributed by atoms with van der Waals surface area (Å²) in [4.78, 5) is 0. The fourth-order valence-corrected chi connectivity index (χ4v) is 3.79. The van der Waals surface area contributed by atoms with Gasteiger partial charge in [0.2, 0.25) is 10.0 Å². The molecular formula is C9H18ClNO2S.